The number of amides is 1. The number of anilines is 1. The van der Waals surface area contributed by atoms with Crippen LogP contribution in [-0.2, 0) is 4.79 Å². The van der Waals surface area contributed by atoms with E-state index in [1.54, 1.807) is 20.8 Å². The first-order chi connectivity index (χ1) is 7.71. The van der Waals surface area contributed by atoms with Gasteiger partial charge >= 0.3 is 0 Å². The molecule has 0 aliphatic carbocycles. The standard InChI is InChI=1S/C12H15ClN2O2/c1-7(16)8-5-10(13)14-6-9(8)15-11(17)12(2,3)4/h5-6H,1-4H3,(H,15,17). The van der Waals surface area contributed by atoms with E-state index >= 15 is 0 Å². The average molecular weight is 255 g/mol. The molecule has 4 nitrogen and oxygen atoms in total. The van der Waals surface area contributed by atoms with Crippen molar-refractivity contribution in [2.45, 2.75) is 27.7 Å². The molecule has 0 radical (unpaired) electrons. The maximum absolute atomic E-state index is 11.8. The average Bonchev–Trinajstić information content (AvgIpc) is 2.18. The fourth-order valence-electron chi connectivity index (χ4n) is 1.13. The molecule has 0 bridgehead atoms. The molecule has 0 aliphatic heterocycles. The lowest BCUT2D eigenvalue weighted by atomic mass is 9.95. The quantitative estimate of drug-likeness (QED) is 0.652. The summed E-state index contributed by atoms with van der Waals surface area (Å²) in [6.07, 6.45) is 1.39. The predicted molar refractivity (Wildman–Crippen MR) is 67.3 cm³/mol. The zero-order valence-electron chi connectivity index (χ0n) is 10.3. The zero-order valence-corrected chi connectivity index (χ0v) is 11.1. The Morgan fingerprint density at radius 2 is 1.94 bits per heavy atom. The number of carbonyl (C=O) groups excluding carboxylic acids is 2. The molecule has 0 saturated heterocycles. The number of nitrogens with zero attached hydrogens (tertiary/aromatic N) is 1. The van der Waals surface area contributed by atoms with Crippen LogP contribution in [0, 0.1) is 5.41 Å². The summed E-state index contributed by atoms with van der Waals surface area (Å²) in [7, 11) is 0. The van der Waals surface area contributed by atoms with Crippen LogP contribution >= 0.6 is 11.6 Å². The molecule has 92 valence electrons. The summed E-state index contributed by atoms with van der Waals surface area (Å²) in [5.41, 5.74) is 0.220. The van der Waals surface area contributed by atoms with Crippen molar-refractivity contribution in [2.75, 3.05) is 5.32 Å². The number of aromatic nitrogens is 1. The molecule has 0 aromatic carbocycles. The normalized spacial score (nSPS) is 11.1. The van der Waals surface area contributed by atoms with Gasteiger partial charge in [-0.25, -0.2) is 4.98 Å². The Morgan fingerprint density at radius 1 is 1.35 bits per heavy atom. The summed E-state index contributed by atoms with van der Waals surface area (Å²) in [6.45, 7) is 6.79. The number of halogens is 1. The van der Waals surface area contributed by atoms with E-state index in [-0.39, 0.29) is 16.8 Å². The van der Waals surface area contributed by atoms with Crippen LogP contribution in [0.4, 0.5) is 5.69 Å². The highest BCUT2D eigenvalue weighted by atomic mass is 35.5. The van der Waals surface area contributed by atoms with E-state index in [0.717, 1.165) is 0 Å². The summed E-state index contributed by atoms with van der Waals surface area (Å²) in [5, 5.41) is 2.90. The topological polar surface area (TPSA) is 59.1 Å². The van der Waals surface area contributed by atoms with Gasteiger partial charge in [0.15, 0.2) is 5.78 Å². The van der Waals surface area contributed by atoms with Crippen LogP contribution in [0.25, 0.3) is 0 Å². The molecule has 1 amide bonds. The van der Waals surface area contributed by atoms with Crippen LogP contribution in [-0.4, -0.2) is 16.7 Å². The smallest absolute Gasteiger partial charge is 0.229 e. The lowest BCUT2D eigenvalue weighted by Gasteiger charge is -2.18. The highest BCUT2D eigenvalue weighted by Crippen LogP contribution is 2.22. The summed E-state index contributed by atoms with van der Waals surface area (Å²) < 4.78 is 0. The number of Topliss-reactive ketones (excluding diaryl/α,β-unsaturated/α-hetero) is 1. The van der Waals surface area contributed by atoms with Gasteiger partial charge in [0.25, 0.3) is 0 Å². The fourth-order valence-corrected chi connectivity index (χ4v) is 1.29. The van der Waals surface area contributed by atoms with E-state index < -0.39 is 5.41 Å². The van der Waals surface area contributed by atoms with Crippen LogP contribution < -0.4 is 5.32 Å². The second-order valence-electron chi connectivity index (χ2n) is 4.81. The minimum atomic E-state index is -0.534. The van der Waals surface area contributed by atoms with Crippen LogP contribution in [0.5, 0.6) is 0 Å². The number of ketones is 1. The number of nitrogens with one attached hydrogen (secondary N) is 1. The predicted octanol–water partition coefficient (Wildman–Crippen LogP) is 2.92. The van der Waals surface area contributed by atoms with Gasteiger partial charge in [0.1, 0.15) is 5.15 Å². The Balaban J connectivity index is 3.07. The highest BCUT2D eigenvalue weighted by molar-refractivity contribution is 6.30. The van der Waals surface area contributed by atoms with Crippen LogP contribution in [0.3, 0.4) is 0 Å². The summed E-state index contributed by atoms with van der Waals surface area (Å²) in [5.74, 6) is -0.345. The Morgan fingerprint density at radius 3 is 2.41 bits per heavy atom. The Bertz CT molecular complexity index is 464. The van der Waals surface area contributed by atoms with Gasteiger partial charge < -0.3 is 5.32 Å². The van der Waals surface area contributed by atoms with Crippen molar-refractivity contribution in [1.29, 1.82) is 0 Å². The number of rotatable bonds is 2. The zero-order chi connectivity index (χ0) is 13.2. The molecule has 1 heterocycles. The SMILES string of the molecule is CC(=O)c1cc(Cl)ncc1NC(=O)C(C)(C)C. The second-order valence-corrected chi connectivity index (χ2v) is 5.20. The van der Waals surface area contributed by atoms with Gasteiger partial charge in [0, 0.05) is 11.0 Å². The van der Waals surface area contributed by atoms with Gasteiger partial charge in [-0.1, -0.05) is 32.4 Å². The van der Waals surface area contributed by atoms with E-state index in [0.29, 0.717) is 11.3 Å². The third-order valence-electron chi connectivity index (χ3n) is 2.18. The molecule has 1 aromatic rings. The maximum Gasteiger partial charge on any atom is 0.229 e. The molecule has 0 aliphatic rings. The van der Waals surface area contributed by atoms with Crippen molar-refractivity contribution in [1.82, 2.24) is 4.98 Å². The Hall–Kier alpha value is -1.42. The molecule has 17 heavy (non-hydrogen) atoms. The third-order valence-corrected chi connectivity index (χ3v) is 2.39. The van der Waals surface area contributed by atoms with E-state index in [2.05, 4.69) is 10.3 Å². The van der Waals surface area contributed by atoms with E-state index in [4.69, 9.17) is 11.6 Å². The highest BCUT2D eigenvalue weighted by Gasteiger charge is 2.22. The van der Waals surface area contributed by atoms with Crippen LogP contribution in [0.2, 0.25) is 5.15 Å². The molecule has 0 spiro atoms. The number of hydrogen-bond donors (Lipinski definition) is 1. The van der Waals surface area contributed by atoms with Crippen LogP contribution in [0.1, 0.15) is 38.1 Å². The summed E-state index contributed by atoms with van der Waals surface area (Å²) in [4.78, 5) is 27.1. The van der Waals surface area contributed by atoms with Crippen molar-refractivity contribution in [3.63, 3.8) is 0 Å². The second kappa shape index (κ2) is 4.84. The largest absolute Gasteiger partial charge is 0.324 e. The first-order valence-electron chi connectivity index (χ1n) is 5.20. The number of pyridine rings is 1. The molecular weight excluding hydrogens is 240 g/mol. The van der Waals surface area contributed by atoms with Gasteiger partial charge in [-0.15, -0.1) is 0 Å². The maximum atomic E-state index is 11.8. The van der Waals surface area contributed by atoms with Crippen molar-refractivity contribution in [3.05, 3.63) is 23.0 Å². The summed E-state index contributed by atoms with van der Waals surface area (Å²) >= 11 is 5.71. The molecule has 0 unspecified atom stereocenters. The molecule has 1 N–H and O–H groups in total. The molecule has 0 fully saturated rings. The molecule has 1 aromatic heterocycles. The minimum Gasteiger partial charge on any atom is -0.324 e. The lowest BCUT2D eigenvalue weighted by molar-refractivity contribution is -0.123. The number of carbonyl (C=O) groups is 2. The number of hydrogen-bond acceptors (Lipinski definition) is 3. The van der Waals surface area contributed by atoms with Gasteiger partial charge in [-0.05, 0) is 13.0 Å². The lowest BCUT2D eigenvalue weighted by Crippen LogP contribution is -2.28. The van der Waals surface area contributed by atoms with Gasteiger partial charge in [-0.3, -0.25) is 9.59 Å². The van der Waals surface area contributed by atoms with E-state index in [9.17, 15) is 9.59 Å². The minimum absolute atomic E-state index is 0.168. The Kier molecular flexibility index (Phi) is 3.88. The van der Waals surface area contributed by atoms with Gasteiger partial charge in [0.2, 0.25) is 5.91 Å². The van der Waals surface area contributed by atoms with Gasteiger partial charge in [0.05, 0.1) is 11.9 Å². The van der Waals surface area contributed by atoms with Crippen molar-refractivity contribution in [2.24, 2.45) is 5.41 Å². The Labute approximate surface area is 105 Å². The third kappa shape index (κ3) is 3.53. The van der Waals surface area contributed by atoms with E-state index in [1.807, 2.05) is 0 Å². The molecule has 1 rings (SSSR count). The molecule has 0 saturated carbocycles. The summed E-state index contributed by atoms with van der Waals surface area (Å²) in [6, 6.07) is 1.45. The monoisotopic (exact) mass is 254 g/mol. The van der Waals surface area contributed by atoms with Gasteiger partial charge in [-0.2, -0.15) is 0 Å². The van der Waals surface area contributed by atoms with Crippen LogP contribution in [0.15, 0.2) is 12.3 Å². The van der Waals surface area contributed by atoms with Crippen molar-refractivity contribution < 1.29 is 9.59 Å². The molecule has 5 heteroatoms. The van der Waals surface area contributed by atoms with E-state index in [1.165, 1.54) is 19.2 Å². The fraction of sp³-hybridized carbons (Fsp3) is 0.417. The first kappa shape index (κ1) is 13.6. The van der Waals surface area contributed by atoms with Crippen molar-refractivity contribution in [3.8, 4) is 0 Å². The molecule has 0 atom stereocenters. The van der Waals surface area contributed by atoms with Crippen molar-refractivity contribution >= 4 is 29.0 Å². The molecular formula is C12H15ClN2O2. The first-order valence-corrected chi connectivity index (χ1v) is 5.57.